The van der Waals surface area contributed by atoms with Gasteiger partial charge in [0.1, 0.15) is 11.4 Å². The molecule has 0 heterocycles. The van der Waals surface area contributed by atoms with Gasteiger partial charge in [0, 0.05) is 6.92 Å². The van der Waals surface area contributed by atoms with Crippen molar-refractivity contribution in [3.8, 4) is 5.75 Å². The van der Waals surface area contributed by atoms with Gasteiger partial charge in [0.15, 0.2) is 5.60 Å². The number of aliphatic hydroxyl groups is 1. The Hall–Kier alpha value is -2.08. The molecule has 0 aliphatic heterocycles. The molecular formula is C18H25NO5. The fraction of sp³-hybridized carbons (Fsp3) is 0.556. The molecule has 1 aliphatic carbocycles. The summed E-state index contributed by atoms with van der Waals surface area (Å²) in [5, 5.41) is 13.7. The fourth-order valence-electron chi connectivity index (χ4n) is 3.09. The van der Waals surface area contributed by atoms with E-state index in [9.17, 15) is 14.7 Å². The van der Waals surface area contributed by atoms with Gasteiger partial charge in [0.05, 0.1) is 13.7 Å². The zero-order valence-corrected chi connectivity index (χ0v) is 14.6. The number of esters is 1. The zero-order valence-electron chi connectivity index (χ0n) is 14.6. The second-order valence-electron chi connectivity index (χ2n) is 6.69. The van der Waals surface area contributed by atoms with Crippen LogP contribution in [0.4, 0.5) is 0 Å². The number of fused-ring (bicyclic) bond motifs is 1. The first-order valence-corrected chi connectivity index (χ1v) is 8.05. The smallest absolute Gasteiger partial charge is 0.303 e. The second kappa shape index (κ2) is 6.81. The van der Waals surface area contributed by atoms with Crippen molar-refractivity contribution < 1.29 is 24.2 Å². The number of carbonyl (C=O) groups excluding carboxylic acids is 2. The third-order valence-electron chi connectivity index (χ3n) is 4.34. The van der Waals surface area contributed by atoms with E-state index in [4.69, 9.17) is 9.47 Å². The predicted octanol–water partition coefficient (Wildman–Crippen LogP) is 1.68. The van der Waals surface area contributed by atoms with Crippen LogP contribution in [0.5, 0.6) is 5.75 Å². The number of methoxy groups -OCH3 is 1. The quantitative estimate of drug-likeness (QED) is 0.800. The number of nitrogens with one attached hydrogen (secondary N) is 1. The summed E-state index contributed by atoms with van der Waals surface area (Å²) in [6.07, 6.45) is 2.24. The summed E-state index contributed by atoms with van der Waals surface area (Å²) in [4.78, 5) is 23.4. The number of hydrogen-bond acceptors (Lipinski definition) is 5. The molecule has 1 aromatic rings. The highest BCUT2D eigenvalue weighted by atomic mass is 16.6. The Morgan fingerprint density at radius 2 is 2.08 bits per heavy atom. The van der Waals surface area contributed by atoms with Crippen LogP contribution < -0.4 is 10.1 Å². The van der Waals surface area contributed by atoms with Crippen LogP contribution in [0.2, 0.25) is 0 Å². The van der Waals surface area contributed by atoms with E-state index in [2.05, 4.69) is 5.32 Å². The average molecular weight is 335 g/mol. The molecule has 1 amide bonds. The highest BCUT2D eigenvalue weighted by Gasteiger charge is 2.37. The molecule has 0 radical (unpaired) electrons. The van der Waals surface area contributed by atoms with Gasteiger partial charge in [-0.3, -0.25) is 9.59 Å². The van der Waals surface area contributed by atoms with Crippen LogP contribution in [0.15, 0.2) is 18.2 Å². The number of rotatable bonds is 5. The van der Waals surface area contributed by atoms with Crippen LogP contribution in [-0.2, 0) is 26.3 Å². The van der Waals surface area contributed by atoms with Crippen LogP contribution in [0.1, 0.15) is 44.7 Å². The standard InChI is InChI=1S/C18H25NO5/c1-12(20)24-17(2,3)16(21)19-11-18(22)9-5-6-13-10-14(23-4)7-8-15(13)18/h7-8,10,22H,5-6,9,11H2,1-4H3,(H,19,21)/t18-/m0/s1. The van der Waals surface area contributed by atoms with Gasteiger partial charge in [0.25, 0.3) is 5.91 Å². The van der Waals surface area contributed by atoms with Gasteiger partial charge in [-0.05, 0) is 56.4 Å². The summed E-state index contributed by atoms with van der Waals surface area (Å²) in [5.74, 6) is -0.214. The van der Waals surface area contributed by atoms with Crippen LogP contribution >= 0.6 is 0 Å². The summed E-state index contributed by atoms with van der Waals surface area (Å²) in [6.45, 7) is 4.37. The molecule has 0 saturated carbocycles. The Bertz CT molecular complexity index is 640. The van der Waals surface area contributed by atoms with Gasteiger partial charge in [-0.25, -0.2) is 0 Å². The van der Waals surface area contributed by atoms with Gasteiger partial charge < -0.3 is 19.9 Å². The maximum Gasteiger partial charge on any atom is 0.303 e. The maximum absolute atomic E-state index is 12.3. The van der Waals surface area contributed by atoms with Crippen molar-refractivity contribution >= 4 is 11.9 Å². The number of amides is 1. The van der Waals surface area contributed by atoms with E-state index in [-0.39, 0.29) is 6.54 Å². The molecule has 0 spiro atoms. The lowest BCUT2D eigenvalue weighted by atomic mass is 9.79. The van der Waals surface area contributed by atoms with Crippen molar-refractivity contribution in [1.82, 2.24) is 5.32 Å². The van der Waals surface area contributed by atoms with Crippen molar-refractivity contribution in [2.45, 2.75) is 51.2 Å². The molecular weight excluding hydrogens is 310 g/mol. The van der Waals surface area contributed by atoms with Crippen LogP contribution in [0, 0.1) is 0 Å². The maximum atomic E-state index is 12.3. The van der Waals surface area contributed by atoms with Gasteiger partial charge in [-0.2, -0.15) is 0 Å². The molecule has 2 N–H and O–H groups in total. The SMILES string of the molecule is COc1ccc2c(c1)CCC[C@]2(O)CNC(=O)C(C)(C)OC(C)=O. The molecule has 0 bridgehead atoms. The van der Waals surface area contributed by atoms with Crippen LogP contribution in [0.3, 0.4) is 0 Å². The summed E-state index contributed by atoms with van der Waals surface area (Å²) < 4.78 is 10.3. The molecule has 0 unspecified atom stereocenters. The minimum Gasteiger partial charge on any atom is -0.497 e. The lowest BCUT2D eigenvalue weighted by Crippen LogP contribution is -2.50. The third kappa shape index (κ3) is 3.87. The third-order valence-corrected chi connectivity index (χ3v) is 4.34. The van der Waals surface area contributed by atoms with Gasteiger partial charge in [0.2, 0.25) is 0 Å². The highest BCUT2D eigenvalue weighted by Crippen LogP contribution is 2.36. The summed E-state index contributed by atoms with van der Waals surface area (Å²) in [7, 11) is 1.61. The monoisotopic (exact) mass is 335 g/mol. The predicted molar refractivity (Wildman–Crippen MR) is 88.7 cm³/mol. The molecule has 1 aliphatic rings. The molecule has 1 aromatic carbocycles. The Morgan fingerprint density at radius 1 is 1.38 bits per heavy atom. The number of benzene rings is 1. The topological polar surface area (TPSA) is 84.9 Å². The van der Waals surface area contributed by atoms with Crippen molar-refractivity contribution in [2.24, 2.45) is 0 Å². The Morgan fingerprint density at radius 3 is 2.71 bits per heavy atom. The largest absolute Gasteiger partial charge is 0.497 e. The highest BCUT2D eigenvalue weighted by molar-refractivity contribution is 5.86. The van der Waals surface area contributed by atoms with Gasteiger partial charge >= 0.3 is 5.97 Å². The Kier molecular flexibility index (Phi) is 5.18. The Balaban J connectivity index is 2.13. The number of ether oxygens (including phenoxy) is 2. The molecule has 0 aromatic heterocycles. The minimum atomic E-state index is -1.28. The molecule has 0 fully saturated rings. The molecule has 6 heteroatoms. The number of hydrogen-bond donors (Lipinski definition) is 2. The van der Waals surface area contributed by atoms with E-state index >= 15 is 0 Å². The summed E-state index contributed by atoms with van der Waals surface area (Å²) >= 11 is 0. The first-order valence-electron chi connectivity index (χ1n) is 8.05. The summed E-state index contributed by atoms with van der Waals surface area (Å²) in [5.41, 5.74) is -0.585. The minimum absolute atomic E-state index is 0.0653. The van der Waals surface area contributed by atoms with E-state index in [1.54, 1.807) is 13.2 Å². The van der Waals surface area contributed by atoms with Crippen molar-refractivity contribution in [1.29, 1.82) is 0 Å². The lowest BCUT2D eigenvalue weighted by Gasteiger charge is -2.35. The average Bonchev–Trinajstić information content (AvgIpc) is 2.51. The molecule has 2 rings (SSSR count). The van der Waals surface area contributed by atoms with E-state index in [0.29, 0.717) is 6.42 Å². The van der Waals surface area contributed by atoms with E-state index in [0.717, 1.165) is 29.7 Å². The molecule has 24 heavy (non-hydrogen) atoms. The van der Waals surface area contributed by atoms with Crippen molar-refractivity contribution in [3.05, 3.63) is 29.3 Å². The number of aryl methyl sites for hydroxylation is 1. The van der Waals surface area contributed by atoms with Crippen LogP contribution in [0.25, 0.3) is 0 Å². The molecule has 1 atom stereocenters. The molecule has 6 nitrogen and oxygen atoms in total. The second-order valence-corrected chi connectivity index (χ2v) is 6.69. The van der Waals surface area contributed by atoms with Crippen LogP contribution in [-0.4, -0.2) is 36.2 Å². The lowest BCUT2D eigenvalue weighted by molar-refractivity contribution is -0.163. The normalized spacial score (nSPS) is 20.0. The molecule has 0 saturated heterocycles. The molecule has 132 valence electrons. The van der Waals surface area contributed by atoms with E-state index in [1.165, 1.54) is 20.8 Å². The fourth-order valence-corrected chi connectivity index (χ4v) is 3.09. The first kappa shape index (κ1) is 18.3. The number of carbonyl (C=O) groups is 2. The Labute approximate surface area is 142 Å². The van der Waals surface area contributed by atoms with Crippen molar-refractivity contribution in [3.63, 3.8) is 0 Å². The van der Waals surface area contributed by atoms with Gasteiger partial charge in [-0.1, -0.05) is 6.07 Å². The van der Waals surface area contributed by atoms with Crippen molar-refractivity contribution in [2.75, 3.05) is 13.7 Å². The van der Waals surface area contributed by atoms with Gasteiger partial charge in [-0.15, -0.1) is 0 Å². The summed E-state index contributed by atoms with van der Waals surface area (Å²) in [6, 6.07) is 5.57. The van der Waals surface area contributed by atoms with E-state index in [1.807, 2.05) is 12.1 Å². The zero-order chi connectivity index (χ0) is 18.0. The first-order chi connectivity index (χ1) is 11.2. The van der Waals surface area contributed by atoms with E-state index < -0.39 is 23.1 Å².